The van der Waals surface area contributed by atoms with Gasteiger partial charge in [0.15, 0.2) is 11.9 Å². The van der Waals surface area contributed by atoms with Crippen molar-refractivity contribution in [1.29, 1.82) is 0 Å². The minimum Gasteiger partial charge on any atom is -0.483 e. The lowest BCUT2D eigenvalue weighted by atomic mass is 10.1. The summed E-state index contributed by atoms with van der Waals surface area (Å²) in [7, 11) is 0. The zero-order valence-corrected chi connectivity index (χ0v) is 11.5. The van der Waals surface area contributed by atoms with Gasteiger partial charge in [0.25, 0.3) is 0 Å². The molecule has 18 heavy (non-hydrogen) atoms. The largest absolute Gasteiger partial charge is 0.483 e. The van der Waals surface area contributed by atoms with Crippen LogP contribution >= 0.6 is 12.4 Å². The van der Waals surface area contributed by atoms with Crippen LogP contribution in [-0.2, 0) is 4.79 Å². The molecule has 0 amide bonds. The van der Waals surface area contributed by atoms with E-state index in [9.17, 15) is 4.79 Å². The first kappa shape index (κ1) is 16.9. The highest BCUT2D eigenvalue weighted by Crippen LogP contribution is 2.19. The van der Waals surface area contributed by atoms with Gasteiger partial charge in [0.1, 0.15) is 5.75 Å². The first-order valence-corrected chi connectivity index (χ1v) is 5.64. The maximum atomic E-state index is 11.6. The number of ketones is 1. The van der Waals surface area contributed by atoms with Crippen molar-refractivity contribution in [3.8, 4) is 5.75 Å². The van der Waals surface area contributed by atoms with Crippen molar-refractivity contribution in [2.45, 2.75) is 26.4 Å². The molecular weight excluding hydrogens is 254 g/mol. The molecule has 4 nitrogen and oxygen atoms in total. The number of aryl methyl sites for hydroxylation is 2. The van der Waals surface area contributed by atoms with Crippen molar-refractivity contribution in [1.82, 2.24) is 5.32 Å². The van der Waals surface area contributed by atoms with Crippen molar-refractivity contribution in [3.63, 3.8) is 0 Å². The lowest BCUT2D eigenvalue weighted by Gasteiger charge is -2.22. The molecule has 0 aromatic heterocycles. The number of piperidine rings is 1. The summed E-state index contributed by atoms with van der Waals surface area (Å²) >= 11 is 0. The standard InChI is InChI=1S/C13H17NO2.ClH.H2O/c1-9-3-4-11(7-10(9)2)16-13-5-6-14-8-12(13)15;;/h3-4,7,13-14H,5-6,8H2,1-2H3;1H;1H2. The molecule has 1 fully saturated rings. The normalized spacial score (nSPS) is 18.6. The second-order valence-corrected chi connectivity index (χ2v) is 4.28. The highest BCUT2D eigenvalue weighted by Gasteiger charge is 2.23. The summed E-state index contributed by atoms with van der Waals surface area (Å²) in [6.07, 6.45) is 0.481. The van der Waals surface area contributed by atoms with Crippen LogP contribution in [-0.4, -0.2) is 30.5 Å². The fraction of sp³-hybridized carbons (Fsp3) is 0.462. The van der Waals surface area contributed by atoms with Crippen LogP contribution in [0.25, 0.3) is 0 Å². The predicted octanol–water partition coefficient (Wildman–Crippen LogP) is 1.21. The minimum atomic E-state index is -0.275. The van der Waals surface area contributed by atoms with E-state index in [0.717, 1.165) is 18.7 Å². The Hall–Kier alpha value is -1.10. The smallest absolute Gasteiger partial charge is 0.187 e. The Morgan fingerprint density at radius 3 is 2.61 bits per heavy atom. The predicted molar refractivity (Wildman–Crippen MR) is 73.7 cm³/mol. The van der Waals surface area contributed by atoms with Crippen LogP contribution in [0.2, 0.25) is 0 Å². The maximum absolute atomic E-state index is 11.6. The number of hydrogen-bond donors (Lipinski definition) is 1. The van der Waals surface area contributed by atoms with Crippen LogP contribution in [0, 0.1) is 13.8 Å². The molecule has 1 atom stereocenters. The average Bonchev–Trinajstić information content (AvgIpc) is 2.27. The Kier molecular flexibility index (Phi) is 6.91. The molecule has 0 spiro atoms. The molecule has 0 aliphatic carbocycles. The Morgan fingerprint density at radius 1 is 1.28 bits per heavy atom. The monoisotopic (exact) mass is 273 g/mol. The number of carbonyl (C=O) groups is 1. The molecule has 0 saturated carbocycles. The van der Waals surface area contributed by atoms with E-state index < -0.39 is 0 Å². The Balaban J connectivity index is 0.00000144. The van der Waals surface area contributed by atoms with Gasteiger partial charge >= 0.3 is 0 Å². The summed E-state index contributed by atoms with van der Waals surface area (Å²) < 4.78 is 5.71. The second-order valence-electron chi connectivity index (χ2n) is 4.28. The molecule has 1 aromatic carbocycles. The van der Waals surface area contributed by atoms with Crippen molar-refractivity contribution < 1.29 is 15.0 Å². The lowest BCUT2D eigenvalue weighted by Crippen LogP contribution is -2.43. The number of nitrogens with one attached hydrogen (secondary N) is 1. The summed E-state index contributed by atoms with van der Waals surface area (Å²) in [4.78, 5) is 11.6. The molecule has 5 heteroatoms. The Labute approximate surface area is 113 Å². The topological polar surface area (TPSA) is 69.8 Å². The molecule has 2 rings (SSSR count). The molecule has 1 aromatic rings. The highest BCUT2D eigenvalue weighted by atomic mass is 35.5. The van der Waals surface area contributed by atoms with Gasteiger partial charge in [0.2, 0.25) is 0 Å². The van der Waals surface area contributed by atoms with E-state index in [1.54, 1.807) is 0 Å². The molecular formula is C13H20ClNO3. The number of halogens is 1. The zero-order chi connectivity index (χ0) is 11.5. The molecule has 1 aliphatic heterocycles. The zero-order valence-electron chi connectivity index (χ0n) is 10.7. The van der Waals surface area contributed by atoms with E-state index in [4.69, 9.17) is 4.74 Å². The van der Waals surface area contributed by atoms with Crippen LogP contribution in [0.3, 0.4) is 0 Å². The van der Waals surface area contributed by atoms with Gasteiger partial charge in [-0.1, -0.05) is 6.07 Å². The third-order valence-corrected chi connectivity index (χ3v) is 3.00. The van der Waals surface area contributed by atoms with E-state index in [2.05, 4.69) is 12.2 Å². The van der Waals surface area contributed by atoms with Gasteiger partial charge in [-0.15, -0.1) is 12.4 Å². The molecule has 1 saturated heterocycles. The van der Waals surface area contributed by atoms with E-state index in [1.165, 1.54) is 11.1 Å². The van der Waals surface area contributed by atoms with Gasteiger partial charge in [0.05, 0.1) is 6.54 Å². The first-order chi connectivity index (χ1) is 7.66. The molecule has 1 aliphatic rings. The van der Waals surface area contributed by atoms with Gasteiger partial charge in [-0.05, 0) is 43.7 Å². The third kappa shape index (κ3) is 3.98. The van der Waals surface area contributed by atoms with E-state index in [-0.39, 0.29) is 29.8 Å². The summed E-state index contributed by atoms with van der Waals surface area (Å²) in [6, 6.07) is 5.94. The van der Waals surface area contributed by atoms with Gasteiger partial charge in [-0.2, -0.15) is 0 Å². The third-order valence-electron chi connectivity index (χ3n) is 3.00. The molecule has 0 bridgehead atoms. The molecule has 1 heterocycles. The SMILES string of the molecule is Cc1ccc(OC2CCNCC2=O)cc1C.Cl.O. The van der Waals surface area contributed by atoms with Crippen LogP contribution in [0.5, 0.6) is 5.75 Å². The summed E-state index contributed by atoms with van der Waals surface area (Å²) in [5.41, 5.74) is 2.43. The summed E-state index contributed by atoms with van der Waals surface area (Å²) in [5.74, 6) is 0.938. The van der Waals surface area contributed by atoms with Gasteiger partial charge < -0.3 is 15.5 Å². The Morgan fingerprint density at radius 2 is 2.00 bits per heavy atom. The maximum Gasteiger partial charge on any atom is 0.187 e. The van der Waals surface area contributed by atoms with Gasteiger partial charge in [0, 0.05) is 6.42 Å². The van der Waals surface area contributed by atoms with E-state index in [0.29, 0.717) is 6.54 Å². The summed E-state index contributed by atoms with van der Waals surface area (Å²) in [5, 5.41) is 3.04. The van der Waals surface area contributed by atoms with Gasteiger partial charge in [-0.25, -0.2) is 0 Å². The average molecular weight is 274 g/mol. The van der Waals surface area contributed by atoms with Crippen LogP contribution < -0.4 is 10.1 Å². The van der Waals surface area contributed by atoms with Crippen molar-refractivity contribution in [2.24, 2.45) is 0 Å². The second kappa shape index (κ2) is 7.36. The number of rotatable bonds is 2. The fourth-order valence-corrected chi connectivity index (χ4v) is 1.80. The summed E-state index contributed by atoms with van der Waals surface area (Å²) in [6.45, 7) is 5.39. The minimum absolute atomic E-state index is 0. The quantitative estimate of drug-likeness (QED) is 0.881. The fourth-order valence-electron chi connectivity index (χ4n) is 1.80. The number of hydrogen-bond acceptors (Lipinski definition) is 3. The number of Topliss-reactive ketones (excluding diaryl/α,β-unsaturated/α-hetero) is 1. The van der Waals surface area contributed by atoms with Crippen molar-refractivity contribution in [2.75, 3.05) is 13.1 Å². The van der Waals surface area contributed by atoms with E-state index in [1.807, 2.05) is 25.1 Å². The highest BCUT2D eigenvalue weighted by molar-refractivity contribution is 5.86. The van der Waals surface area contributed by atoms with Crippen molar-refractivity contribution in [3.05, 3.63) is 29.3 Å². The number of ether oxygens (including phenoxy) is 1. The molecule has 1 unspecified atom stereocenters. The van der Waals surface area contributed by atoms with Crippen LogP contribution in [0.1, 0.15) is 17.5 Å². The number of carbonyl (C=O) groups excluding carboxylic acids is 1. The van der Waals surface area contributed by atoms with Gasteiger partial charge in [-0.3, -0.25) is 4.79 Å². The van der Waals surface area contributed by atoms with Crippen LogP contribution in [0.4, 0.5) is 0 Å². The Bertz CT molecular complexity index is 409. The van der Waals surface area contributed by atoms with Crippen molar-refractivity contribution >= 4 is 18.2 Å². The first-order valence-electron chi connectivity index (χ1n) is 5.64. The molecule has 3 N–H and O–H groups in total. The lowest BCUT2D eigenvalue weighted by molar-refractivity contribution is -0.126. The molecule has 102 valence electrons. The van der Waals surface area contributed by atoms with Crippen LogP contribution in [0.15, 0.2) is 18.2 Å². The molecule has 0 radical (unpaired) electrons. The van der Waals surface area contributed by atoms with E-state index >= 15 is 0 Å². The number of benzene rings is 1.